The lowest BCUT2D eigenvalue weighted by molar-refractivity contribution is 0.0671. The molecule has 0 heterocycles. The summed E-state index contributed by atoms with van der Waals surface area (Å²) in [5.41, 5.74) is 6.38. The lowest BCUT2D eigenvalue weighted by Gasteiger charge is -2.14. The zero-order valence-corrected chi connectivity index (χ0v) is 10.8. The average Bonchev–Trinajstić information content (AvgIpc) is 2.38. The monoisotopic (exact) mass is 257 g/mol. The molecule has 0 radical (unpaired) electrons. The zero-order valence-electron chi connectivity index (χ0n) is 10.8. The van der Waals surface area contributed by atoms with E-state index in [0.29, 0.717) is 31.8 Å². The van der Waals surface area contributed by atoms with Gasteiger partial charge in [-0.05, 0) is 12.5 Å². The Morgan fingerprint density at radius 3 is 2.67 bits per heavy atom. The van der Waals surface area contributed by atoms with Crippen LogP contribution in [0.3, 0.4) is 0 Å². The number of halogens is 1. The minimum absolute atomic E-state index is 0.211. The zero-order chi connectivity index (χ0) is 13.4. The third-order valence-electron chi connectivity index (χ3n) is 2.62. The maximum atomic E-state index is 13.9. The summed E-state index contributed by atoms with van der Waals surface area (Å²) in [7, 11) is 3.04. The Balaban J connectivity index is 2.48. The number of ether oxygens (including phenoxy) is 3. The number of hydrogen-bond donors (Lipinski definition) is 1. The van der Waals surface area contributed by atoms with Crippen LogP contribution in [0.15, 0.2) is 18.2 Å². The predicted octanol–water partition coefficient (Wildman–Crippen LogP) is 1.89. The van der Waals surface area contributed by atoms with Gasteiger partial charge < -0.3 is 19.9 Å². The average molecular weight is 257 g/mol. The van der Waals surface area contributed by atoms with Gasteiger partial charge in [0, 0.05) is 25.3 Å². The quantitative estimate of drug-likeness (QED) is 0.722. The van der Waals surface area contributed by atoms with E-state index >= 15 is 0 Å². The Bertz CT molecular complexity index is 360. The van der Waals surface area contributed by atoms with Crippen molar-refractivity contribution in [3.05, 3.63) is 29.6 Å². The van der Waals surface area contributed by atoms with Crippen LogP contribution in [0.1, 0.15) is 18.0 Å². The molecule has 0 fully saturated rings. The smallest absolute Gasteiger partial charge is 0.169 e. The Morgan fingerprint density at radius 1 is 1.22 bits per heavy atom. The third-order valence-corrected chi connectivity index (χ3v) is 2.62. The lowest BCUT2D eigenvalue weighted by atomic mass is 10.0. The van der Waals surface area contributed by atoms with E-state index in [1.165, 1.54) is 7.11 Å². The molecule has 0 saturated carbocycles. The Labute approximate surface area is 107 Å². The van der Waals surface area contributed by atoms with E-state index in [-0.39, 0.29) is 5.75 Å². The summed E-state index contributed by atoms with van der Waals surface area (Å²) in [5.74, 6) is -0.187. The maximum Gasteiger partial charge on any atom is 0.169 e. The van der Waals surface area contributed by atoms with Crippen molar-refractivity contribution < 1.29 is 18.6 Å². The number of hydrogen-bond acceptors (Lipinski definition) is 4. The van der Waals surface area contributed by atoms with Crippen LogP contribution in [0.4, 0.5) is 4.39 Å². The molecule has 0 aliphatic carbocycles. The first-order valence-corrected chi connectivity index (χ1v) is 5.85. The molecule has 1 rings (SSSR count). The van der Waals surface area contributed by atoms with Crippen molar-refractivity contribution in [3.63, 3.8) is 0 Å². The molecule has 0 aliphatic rings. The van der Waals surface area contributed by atoms with Crippen LogP contribution in [0, 0.1) is 5.82 Å². The van der Waals surface area contributed by atoms with Gasteiger partial charge in [0.1, 0.15) is 0 Å². The van der Waals surface area contributed by atoms with Crippen molar-refractivity contribution in [1.82, 2.24) is 0 Å². The predicted molar refractivity (Wildman–Crippen MR) is 67.2 cm³/mol. The second kappa shape index (κ2) is 8.02. The van der Waals surface area contributed by atoms with E-state index in [0.717, 1.165) is 0 Å². The first-order valence-electron chi connectivity index (χ1n) is 5.85. The highest BCUT2D eigenvalue weighted by molar-refractivity contribution is 5.32. The molecular formula is C13H20FNO3. The van der Waals surface area contributed by atoms with E-state index in [1.54, 1.807) is 25.3 Å². The fraction of sp³-hybridized carbons (Fsp3) is 0.538. The van der Waals surface area contributed by atoms with Crippen LogP contribution in [0.5, 0.6) is 5.75 Å². The van der Waals surface area contributed by atoms with E-state index in [1.807, 2.05) is 0 Å². The van der Waals surface area contributed by atoms with Crippen molar-refractivity contribution in [1.29, 1.82) is 0 Å². The molecule has 1 aromatic carbocycles. The fourth-order valence-corrected chi connectivity index (χ4v) is 1.58. The summed E-state index contributed by atoms with van der Waals surface area (Å²) < 4.78 is 29.0. The largest absolute Gasteiger partial charge is 0.494 e. The number of rotatable bonds is 8. The van der Waals surface area contributed by atoms with Crippen LogP contribution in [-0.2, 0) is 9.47 Å². The Hall–Kier alpha value is -1.17. The normalized spacial score (nSPS) is 12.4. The van der Waals surface area contributed by atoms with Crippen LogP contribution in [0.25, 0.3) is 0 Å². The third kappa shape index (κ3) is 4.25. The second-order valence-corrected chi connectivity index (χ2v) is 3.86. The van der Waals surface area contributed by atoms with Crippen LogP contribution < -0.4 is 10.5 Å². The highest BCUT2D eigenvalue weighted by Crippen LogP contribution is 2.25. The number of methoxy groups -OCH3 is 2. The summed E-state index contributed by atoms with van der Waals surface area (Å²) in [5, 5.41) is 0. The van der Waals surface area contributed by atoms with Crippen molar-refractivity contribution in [2.24, 2.45) is 5.73 Å². The van der Waals surface area contributed by atoms with Gasteiger partial charge in [0.2, 0.25) is 0 Å². The molecular weight excluding hydrogens is 237 g/mol. The van der Waals surface area contributed by atoms with Gasteiger partial charge in [-0.25, -0.2) is 4.39 Å². The summed E-state index contributed by atoms with van der Waals surface area (Å²) >= 11 is 0. The lowest BCUT2D eigenvalue weighted by Crippen LogP contribution is -2.16. The topological polar surface area (TPSA) is 53.7 Å². The van der Waals surface area contributed by atoms with Gasteiger partial charge in [-0.3, -0.25) is 0 Å². The van der Waals surface area contributed by atoms with Gasteiger partial charge in [-0.2, -0.15) is 0 Å². The van der Waals surface area contributed by atoms with E-state index in [2.05, 4.69) is 0 Å². The molecule has 4 nitrogen and oxygen atoms in total. The fourth-order valence-electron chi connectivity index (χ4n) is 1.58. The number of nitrogens with two attached hydrogens (primary N) is 1. The summed E-state index contributed by atoms with van der Waals surface area (Å²) in [6.45, 7) is 1.54. The molecule has 0 bridgehead atoms. The van der Waals surface area contributed by atoms with Gasteiger partial charge in [0.25, 0.3) is 0 Å². The minimum atomic E-state index is -0.400. The molecule has 2 N–H and O–H groups in total. The first-order chi connectivity index (χ1) is 8.70. The molecule has 0 aromatic heterocycles. The highest BCUT2D eigenvalue weighted by Gasteiger charge is 2.14. The molecule has 1 unspecified atom stereocenters. The van der Waals surface area contributed by atoms with Gasteiger partial charge in [0.15, 0.2) is 11.6 Å². The van der Waals surface area contributed by atoms with Gasteiger partial charge >= 0.3 is 0 Å². The molecule has 1 atom stereocenters. The SMILES string of the molecule is COCCOCCC(N)c1cccc(OC)c1F. The van der Waals surface area contributed by atoms with Crippen molar-refractivity contribution >= 4 is 0 Å². The van der Waals surface area contributed by atoms with Crippen LogP contribution >= 0.6 is 0 Å². The minimum Gasteiger partial charge on any atom is -0.494 e. The van der Waals surface area contributed by atoms with Crippen LogP contribution in [0.2, 0.25) is 0 Å². The Morgan fingerprint density at radius 2 is 2.00 bits per heavy atom. The summed E-state index contributed by atoms with van der Waals surface area (Å²) in [4.78, 5) is 0. The summed E-state index contributed by atoms with van der Waals surface area (Å²) in [6.07, 6.45) is 0.549. The van der Waals surface area contributed by atoms with E-state index in [4.69, 9.17) is 19.9 Å². The van der Waals surface area contributed by atoms with Crippen molar-refractivity contribution in [2.45, 2.75) is 12.5 Å². The maximum absolute atomic E-state index is 13.9. The second-order valence-electron chi connectivity index (χ2n) is 3.86. The Kier molecular flexibility index (Phi) is 6.64. The molecule has 1 aromatic rings. The molecule has 102 valence electrons. The van der Waals surface area contributed by atoms with Crippen molar-refractivity contribution in [3.8, 4) is 5.75 Å². The molecule has 18 heavy (non-hydrogen) atoms. The highest BCUT2D eigenvalue weighted by atomic mass is 19.1. The van der Waals surface area contributed by atoms with E-state index in [9.17, 15) is 4.39 Å². The van der Waals surface area contributed by atoms with Crippen molar-refractivity contribution in [2.75, 3.05) is 34.0 Å². The van der Waals surface area contributed by atoms with Gasteiger partial charge in [0.05, 0.1) is 20.3 Å². The molecule has 5 heteroatoms. The first kappa shape index (κ1) is 14.9. The van der Waals surface area contributed by atoms with E-state index < -0.39 is 11.9 Å². The molecule has 0 spiro atoms. The van der Waals surface area contributed by atoms with Crippen LogP contribution in [-0.4, -0.2) is 34.0 Å². The number of benzene rings is 1. The standard InChI is InChI=1S/C13H20FNO3/c1-16-8-9-18-7-6-11(15)10-4-3-5-12(17-2)13(10)14/h3-5,11H,6-9,15H2,1-2H3. The van der Waals surface area contributed by atoms with Gasteiger partial charge in [-0.15, -0.1) is 0 Å². The molecule has 0 amide bonds. The summed E-state index contributed by atoms with van der Waals surface area (Å²) in [6, 6.07) is 4.56. The molecule has 0 aliphatic heterocycles. The van der Waals surface area contributed by atoms with Gasteiger partial charge in [-0.1, -0.05) is 12.1 Å². The molecule has 0 saturated heterocycles.